The molecule has 1 aliphatic rings. The minimum Gasteiger partial charge on any atom is -0.326 e. The minimum absolute atomic E-state index is 0.0259. The van der Waals surface area contributed by atoms with Crippen molar-refractivity contribution in [2.24, 2.45) is 5.92 Å². The second kappa shape index (κ2) is 8.73. The summed E-state index contributed by atoms with van der Waals surface area (Å²) in [6.07, 6.45) is 1.03. The summed E-state index contributed by atoms with van der Waals surface area (Å²) in [6.45, 7) is 0.717. The summed E-state index contributed by atoms with van der Waals surface area (Å²) in [4.78, 5) is 12.4. The molecule has 1 aliphatic heterocycles. The van der Waals surface area contributed by atoms with Gasteiger partial charge in [-0.2, -0.15) is 0 Å². The number of sulfonamides is 1. The third-order valence-electron chi connectivity index (χ3n) is 4.59. The lowest BCUT2D eigenvalue weighted by Gasteiger charge is -2.30. The standard InChI is InChI=1S/C19H20BrClN2O3S/c20-16-3-1-14(2-4-16)13-27(25,26)23-11-9-15(10-12-23)19(24)22-18-7-5-17(21)6-8-18/h1-8,15H,9-13H2,(H,22,24). The van der Waals surface area contributed by atoms with E-state index in [1.165, 1.54) is 4.31 Å². The zero-order valence-electron chi connectivity index (χ0n) is 14.6. The fraction of sp³-hybridized carbons (Fsp3) is 0.316. The molecule has 0 spiro atoms. The van der Waals surface area contributed by atoms with E-state index in [1.807, 2.05) is 12.1 Å². The molecule has 0 aliphatic carbocycles. The van der Waals surface area contributed by atoms with Crippen LogP contribution in [0, 0.1) is 5.92 Å². The van der Waals surface area contributed by atoms with Gasteiger partial charge < -0.3 is 5.32 Å². The predicted octanol–water partition coefficient (Wildman–Crippen LogP) is 4.28. The quantitative estimate of drug-likeness (QED) is 0.708. The zero-order chi connectivity index (χ0) is 19.4. The van der Waals surface area contributed by atoms with E-state index in [0.717, 1.165) is 10.0 Å². The van der Waals surface area contributed by atoms with Crippen LogP contribution in [0.4, 0.5) is 5.69 Å². The van der Waals surface area contributed by atoms with Crippen LogP contribution in [0.15, 0.2) is 53.0 Å². The van der Waals surface area contributed by atoms with Crippen LogP contribution in [0.1, 0.15) is 18.4 Å². The molecular weight excluding hydrogens is 452 g/mol. The van der Waals surface area contributed by atoms with Crippen molar-refractivity contribution < 1.29 is 13.2 Å². The van der Waals surface area contributed by atoms with Crippen molar-refractivity contribution in [1.82, 2.24) is 4.31 Å². The predicted molar refractivity (Wildman–Crippen MR) is 111 cm³/mol. The molecule has 0 unspecified atom stereocenters. The monoisotopic (exact) mass is 470 g/mol. The van der Waals surface area contributed by atoms with Crippen molar-refractivity contribution in [1.29, 1.82) is 0 Å². The summed E-state index contributed by atoms with van der Waals surface area (Å²) in [6, 6.07) is 14.2. The van der Waals surface area contributed by atoms with Crippen LogP contribution < -0.4 is 5.32 Å². The van der Waals surface area contributed by atoms with Crippen molar-refractivity contribution in [3.63, 3.8) is 0 Å². The molecule has 1 N–H and O–H groups in total. The number of halogens is 2. The van der Waals surface area contributed by atoms with Crippen LogP contribution in [0.2, 0.25) is 5.02 Å². The van der Waals surface area contributed by atoms with Gasteiger partial charge in [0, 0.05) is 34.2 Å². The summed E-state index contributed by atoms with van der Waals surface area (Å²) in [7, 11) is -3.39. The maximum absolute atomic E-state index is 12.6. The van der Waals surface area contributed by atoms with Crippen LogP contribution >= 0.6 is 27.5 Å². The lowest BCUT2D eigenvalue weighted by Crippen LogP contribution is -2.41. The van der Waals surface area contributed by atoms with Gasteiger partial charge >= 0.3 is 0 Å². The van der Waals surface area contributed by atoms with Crippen molar-refractivity contribution >= 4 is 49.1 Å². The van der Waals surface area contributed by atoms with E-state index in [4.69, 9.17) is 11.6 Å². The van der Waals surface area contributed by atoms with Gasteiger partial charge in [-0.15, -0.1) is 0 Å². The summed E-state index contributed by atoms with van der Waals surface area (Å²) in [5, 5.41) is 3.48. The fourth-order valence-electron chi connectivity index (χ4n) is 3.06. The molecule has 27 heavy (non-hydrogen) atoms. The van der Waals surface area contributed by atoms with E-state index in [0.29, 0.717) is 36.6 Å². The molecule has 1 fully saturated rings. The number of nitrogens with zero attached hydrogens (tertiary/aromatic N) is 1. The van der Waals surface area contributed by atoms with Crippen LogP contribution in [-0.4, -0.2) is 31.7 Å². The van der Waals surface area contributed by atoms with Crippen LogP contribution in [0.25, 0.3) is 0 Å². The molecule has 0 aromatic heterocycles. The molecule has 2 aromatic rings. The number of piperidine rings is 1. The average molecular weight is 472 g/mol. The normalized spacial score (nSPS) is 16.2. The van der Waals surface area contributed by atoms with E-state index >= 15 is 0 Å². The largest absolute Gasteiger partial charge is 0.326 e. The van der Waals surface area contributed by atoms with Gasteiger partial charge in [0.1, 0.15) is 0 Å². The summed E-state index contributed by atoms with van der Waals surface area (Å²) < 4.78 is 27.7. The Hall–Kier alpha value is -1.41. The summed E-state index contributed by atoms with van der Waals surface area (Å²) in [5.74, 6) is -0.302. The highest BCUT2D eigenvalue weighted by Gasteiger charge is 2.31. The Bertz CT molecular complexity index is 894. The van der Waals surface area contributed by atoms with Gasteiger partial charge in [0.15, 0.2) is 0 Å². The number of carbonyl (C=O) groups excluding carboxylic acids is 1. The van der Waals surface area contributed by atoms with Crippen LogP contribution in [0.3, 0.4) is 0 Å². The zero-order valence-corrected chi connectivity index (χ0v) is 17.7. The first kappa shape index (κ1) is 20.3. The van der Waals surface area contributed by atoms with E-state index in [-0.39, 0.29) is 17.6 Å². The summed E-state index contributed by atoms with van der Waals surface area (Å²) in [5.41, 5.74) is 1.44. The molecule has 8 heteroatoms. The number of amides is 1. The number of hydrogen-bond acceptors (Lipinski definition) is 3. The highest BCUT2D eigenvalue weighted by Crippen LogP contribution is 2.24. The molecule has 144 valence electrons. The Kier molecular flexibility index (Phi) is 6.57. The van der Waals surface area contributed by atoms with Gasteiger partial charge in [-0.3, -0.25) is 4.79 Å². The number of hydrogen-bond donors (Lipinski definition) is 1. The molecule has 5 nitrogen and oxygen atoms in total. The van der Waals surface area contributed by atoms with Gasteiger partial charge in [-0.25, -0.2) is 12.7 Å². The molecule has 1 saturated heterocycles. The molecular formula is C19H20BrClN2O3S. The van der Waals surface area contributed by atoms with Gasteiger partial charge in [-0.1, -0.05) is 39.7 Å². The average Bonchev–Trinajstić information content (AvgIpc) is 2.65. The molecule has 0 bridgehead atoms. The van der Waals surface area contributed by atoms with Gasteiger partial charge in [-0.05, 0) is 54.8 Å². The fourth-order valence-corrected chi connectivity index (χ4v) is 5.01. The van der Waals surface area contributed by atoms with Crippen molar-refractivity contribution in [2.75, 3.05) is 18.4 Å². The molecule has 0 atom stereocenters. The molecule has 1 heterocycles. The smallest absolute Gasteiger partial charge is 0.227 e. The third kappa shape index (κ3) is 5.54. The van der Waals surface area contributed by atoms with Crippen molar-refractivity contribution in [3.05, 3.63) is 63.6 Å². The molecule has 0 radical (unpaired) electrons. The Morgan fingerprint density at radius 1 is 1.07 bits per heavy atom. The highest BCUT2D eigenvalue weighted by atomic mass is 79.9. The van der Waals surface area contributed by atoms with E-state index < -0.39 is 10.0 Å². The van der Waals surface area contributed by atoms with E-state index in [1.54, 1.807) is 36.4 Å². The Labute approximate surface area is 172 Å². The Morgan fingerprint density at radius 2 is 1.67 bits per heavy atom. The lowest BCUT2D eigenvalue weighted by atomic mass is 9.97. The highest BCUT2D eigenvalue weighted by molar-refractivity contribution is 9.10. The SMILES string of the molecule is O=C(Nc1ccc(Cl)cc1)C1CCN(S(=O)(=O)Cc2ccc(Br)cc2)CC1. The first-order valence-electron chi connectivity index (χ1n) is 8.62. The third-order valence-corrected chi connectivity index (χ3v) is 7.22. The van der Waals surface area contributed by atoms with Gasteiger partial charge in [0.2, 0.25) is 15.9 Å². The van der Waals surface area contributed by atoms with Gasteiger partial charge in [0.05, 0.1) is 5.75 Å². The maximum atomic E-state index is 12.6. The van der Waals surface area contributed by atoms with E-state index in [2.05, 4.69) is 21.2 Å². The number of carbonyl (C=O) groups is 1. The number of rotatable bonds is 5. The van der Waals surface area contributed by atoms with Crippen LogP contribution in [0.5, 0.6) is 0 Å². The van der Waals surface area contributed by atoms with Crippen molar-refractivity contribution in [3.8, 4) is 0 Å². The number of anilines is 1. The first-order chi connectivity index (χ1) is 12.8. The lowest BCUT2D eigenvalue weighted by molar-refractivity contribution is -0.120. The summed E-state index contributed by atoms with van der Waals surface area (Å²) >= 11 is 9.19. The number of nitrogens with one attached hydrogen (secondary N) is 1. The maximum Gasteiger partial charge on any atom is 0.227 e. The van der Waals surface area contributed by atoms with Gasteiger partial charge in [0.25, 0.3) is 0 Å². The first-order valence-corrected chi connectivity index (χ1v) is 11.4. The Balaban J connectivity index is 1.55. The topological polar surface area (TPSA) is 66.5 Å². The van der Waals surface area contributed by atoms with Crippen LogP contribution in [-0.2, 0) is 20.6 Å². The second-order valence-corrected chi connectivity index (χ2v) is 9.87. The number of benzene rings is 2. The molecule has 1 amide bonds. The minimum atomic E-state index is -3.39. The van der Waals surface area contributed by atoms with Crippen molar-refractivity contribution in [2.45, 2.75) is 18.6 Å². The molecule has 2 aromatic carbocycles. The Morgan fingerprint density at radius 3 is 2.26 bits per heavy atom. The second-order valence-electron chi connectivity index (χ2n) is 6.55. The van der Waals surface area contributed by atoms with E-state index in [9.17, 15) is 13.2 Å². The molecule has 3 rings (SSSR count). The molecule has 0 saturated carbocycles.